The van der Waals surface area contributed by atoms with E-state index in [-0.39, 0.29) is 0 Å². The number of aromatic nitrogens is 3. The minimum Gasteiger partial charge on any atom is -0.398 e. The van der Waals surface area contributed by atoms with Gasteiger partial charge in [0.2, 0.25) is 0 Å². The number of hydrogen-bond acceptors (Lipinski definition) is 4. The quantitative estimate of drug-likeness (QED) is 0.616. The van der Waals surface area contributed by atoms with Gasteiger partial charge >= 0.3 is 0 Å². The molecule has 0 fully saturated rings. The molecule has 0 amide bonds. The second-order valence-electron chi connectivity index (χ2n) is 3.77. The average molecular weight is 225 g/mol. The number of para-hydroxylation sites is 1. The molecule has 17 heavy (non-hydrogen) atoms. The first-order valence-corrected chi connectivity index (χ1v) is 5.21. The number of fused-ring (bicyclic) bond motifs is 1. The van der Waals surface area contributed by atoms with Crippen LogP contribution in [0.25, 0.3) is 17.0 Å². The largest absolute Gasteiger partial charge is 0.398 e. The Hall–Kier alpha value is -2.56. The van der Waals surface area contributed by atoms with Gasteiger partial charge in [-0.05, 0) is 24.3 Å². The third kappa shape index (κ3) is 1.40. The predicted molar refractivity (Wildman–Crippen MR) is 67.2 cm³/mol. The van der Waals surface area contributed by atoms with E-state index in [0.29, 0.717) is 22.8 Å². The van der Waals surface area contributed by atoms with E-state index >= 15 is 0 Å². The number of nitrogens with two attached hydrogens (primary N) is 2. The maximum absolute atomic E-state index is 5.93. The van der Waals surface area contributed by atoms with Crippen molar-refractivity contribution in [3.8, 4) is 11.4 Å². The van der Waals surface area contributed by atoms with Gasteiger partial charge in [0, 0.05) is 17.4 Å². The van der Waals surface area contributed by atoms with E-state index in [1.807, 2.05) is 40.9 Å². The highest BCUT2D eigenvalue weighted by atomic mass is 15.3. The van der Waals surface area contributed by atoms with Crippen molar-refractivity contribution >= 4 is 17.0 Å². The lowest BCUT2D eigenvalue weighted by molar-refractivity contribution is 1.11. The summed E-state index contributed by atoms with van der Waals surface area (Å²) in [5, 5.41) is 8.21. The molecular weight excluding hydrogens is 214 g/mol. The molecule has 0 saturated heterocycles. The Morgan fingerprint density at radius 2 is 1.65 bits per heavy atom. The van der Waals surface area contributed by atoms with Crippen LogP contribution >= 0.6 is 0 Å². The minimum atomic E-state index is 0.598. The van der Waals surface area contributed by atoms with Gasteiger partial charge in [-0.15, -0.1) is 10.2 Å². The summed E-state index contributed by atoms with van der Waals surface area (Å²) >= 11 is 0. The lowest BCUT2D eigenvalue weighted by Gasteiger charge is -2.03. The molecule has 1 aromatic carbocycles. The SMILES string of the molecule is Nc1ccccc1-c1nnc2c(N)cccn12. The maximum Gasteiger partial charge on any atom is 0.184 e. The van der Waals surface area contributed by atoms with Crippen molar-refractivity contribution in [1.82, 2.24) is 14.6 Å². The lowest BCUT2D eigenvalue weighted by Crippen LogP contribution is -1.95. The Bertz CT molecular complexity index is 686. The van der Waals surface area contributed by atoms with Crippen molar-refractivity contribution in [2.75, 3.05) is 11.5 Å². The zero-order valence-electron chi connectivity index (χ0n) is 9.04. The molecule has 2 heterocycles. The maximum atomic E-state index is 5.93. The van der Waals surface area contributed by atoms with E-state index in [2.05, 4.69) is 10.2 Å². The first-order chi connectivity index (χ1) is 8.27. The van der Waals surface area contributed by atoms with Crippen LogP contribution < -0.4 is 11.5 Å². The van der Waals surface area contributed by atoms with Crippen LogP contribution in [0.2, 0.25) is 0 Å². The summed E-state index contributed by atoms with van der Waals surface area (Å²) in [5.41, 5.74) is 14.5. The molecule has 0 aliphatic carbocycles. The third-order valence-electron chi connectivity index (χ3n) is 2.67. The van der Waals surface area contributed by atoms with E-state index in [4.69, 9.17) is 11.5 Å². The van der Waals surface area contributed by atoms with E-state index in [9.17, 15) is 0 Å². The van der Waals surface area contributed by atoms with Gasteiger partial charge in [0.05, 0.1) is 5.69 Å². The fourth-order valence-electron chi connectivity index (χ4n) is 1.82. The molecule has 0 aliphatic heterocycles. The second-order valence-corrected chi connectivity index (χ2v) is 3.77. The van der Waals surface area contributed by atoms with Gasteiger partial charge in [0.15, 0.2) is 11.5 Å². The molecule has 0 bridgehead atoms. The number of pyridine rings is 1. The van der Waals surface area contributed by atoms with Gasteiger partial charge in [-0.1, -0.05) is 12.1 Å². The molecule has 5 nitrogen and oxygen atoms in total. The van der Waals surface area contributed by atoms with Crippen LogP contribution in [0.4, 0.5) is 11.4 Å². The van der Waals surface area contributed by atoms with Gasteiger partial charge in [-0.2, -0.15) is 0 Å². The van der Waals surface area contributed by atoms with Crippen molar-refractivity contribution in [3.05, 3.63) is 42.6 Å². The van der Waals surface area contributed by atoms with Crippen LogP contribution in [-0.2, 0) is 0 Å². The van der Waals surface area contributed by atoms with Crippen LogP contribution in [-0.4, -0.2) is 14.6 Å². The fourth-order valence-corrected chi connectivity index (χ4v) is 1.82. The molecule has 0 spiro atoms. The summed E-state index contributed by atoms with van der Waals surface area (Å²) in [4.78, 5) is 0. The molecule has 2 aromatic heterocycles. The zero-order valence-corrected chi connectivity index (χ0v) is 9.04. The average Bonchev–Trinajstić information content (AvgIpc) is 2.75. The third-order valence-corrected chi connectivity index (χ3v) is 2.67. The van der Waals surface area contributed by atoms with Gasteiger partial charge in [-0.25, -0.2) is 0 Å². The van der Waals surface area contributed by atoms with E-state index in [1.165, 1.54) is 0 Å². The Labute approximate surface area is 97.7 Å². The highest BCUT2D eigenvalue weighted by Gasteiger charge is 2.11. The molecule has 5 heteroatoms. The van der Waals surface area contributed by atoms with Crippen molar-refractivity contribution in [2.24, 2.45) is 0 Å². The van der Waals surface area contributed by atoms with Gasteiger partial charge in [0.1, 0.15) is 0 Å². The van der Waals surface area contributed by atoms with Crippen LogP contribution in [0.3, 0.4) is 0 Å². The van der Waals surface area contributed by atoms with E-state index in [0.717, 1.165) is 5.56 Å². The normalized spacial score (nSPS) is 10.8. The summed E-state index contributed by atoms with van der Waals surface area (Å²) in [5.74, 6) is 0.699. The molecule has 0 atom stereocenters. The molecule has 0 radical (unpaired) electrons. The van der Waals surface area contributed by atoms with Crippen molar-refractivity contribution in [1.29, 1.82) is 0 Å². The molecule has 3 rings (SSSR count). The van der Waals surface area contributed by atoms with Crippen molar-refractivity contribution in [3.63, 3.8) is 0 Å². The van der Waals surface area contributed by atoms with Crippen LogP contribution in [0.1, 0.15) is 0 Å². The number of hydrogen-bond donors (Lipinski definition) is 2. The first-order valence-electron chi connectivity index (χ1n) is 5.21. The molecule has 0 saturated carbocycles. The molecule has 3 aromatic rings. The number of anilines is 2. The summed E-state index contributed by atoms with van der Waals surface area (Å²) in [7, 11) is 0. The smallest absolute Gasteiger partial charge is 0.184 e. The van der Waals surface area contributed by atoms with Crippen LogP contribution in [0, 0.1) is 0 Å². The molecule has 84 valence electrons. The van der Waals surface area contributed by atoms with Crippen molar-refractivity contribution < 1.29 is 0 Å². The minimum absolute atomic E-state index is 0.598. The summed E-state index contributed by atoms with van der Waals surface area (Å²) in [6.45, 7) is 0. The molecule has 4 N–H and O–H groups in total. The standard InChI is InChI=1S/C12H11N5/c13-9-5-2-1-4-8(9)11-15-16-12-10(14)6-3-7-17(11)12/h1-7H,13-14H2. The number of nitrogens with zero attached hydrogens (tertiary/aromatic N) is 3. The zero-order chi connectivity index (χ0) is 11.8. The first kappa shape index (κ1) is 9.65. The lowest BCUT2D eigenvalue weighted by atomic mass is 10.2. The topological polar surface area (TPSA) is 82.2 Å². The monoisotopic (exact) mass is 225 g/mol. The van der Waals surface area contributed by atoms with E-state index in [1.54, 1.807) is 6.07 Å². The fraction of sp³-hybridized carbons (Fsp3) is 0. The number of rotatable bonds is 1. The van der Waals surface area contributed by atoms with Crippen LogP contribution in [0.15, 0.2) is 42.6 Å². The molecular formula is C12H11N5. The molecule has 0 aliphatic rings. The van der Waals surface area contributed by atoms with Crippen LogP contribution in [0.5, 0.6) is 0 Å². The predicted octanol–water partition coefficient (Wildman–Crippen LogP) is 1.56. The van der Waals surface area contributed by atoms with Gasteiger partial charge in [0.25, 0.3) is 0 Å². The Kier molecular flexibility index (Phi) is 1.98. The van der Waals surface area contributed by atoms with E-state index < -0.39 is 0 Å². The highest BCUT2D eigenvalue weighted by Crippen LogP contribution is 2.25. The Morgan fingerprint density at radius 3 is 2.47 bits per heavy atom. The number of benzene rings is 1. The Balaban J connectivity index is 2.33. The summed E-state index contributed by atoms with van der Waals surface area (Å²) in [6, 6.07) is 11.2. The van der Waals surface area contributed by atoms with Crippen molar-refractivity contribution in [2.45, 2.75) is 0 Å². The van der Waals surface area contributed by atoms with Gasteiger partial charge in [-0.3, -0.25) is 4.40 Å². The highest BCUT2D eigenvalue weighted by molar-refractivity contribution is 5.75. The van der Waals surface area contributed by atoms with Gasteiger partial charge < -0.3 is 11.5 Å². The Morgan fingerprint density at radius 1 is 0.882 bits per heavy atom. The number of nitrogen functional groups attached to an aromatic ring is 2. The molecule has 0 unspecified atom stereocenters. The summed E-state index contributed by atoms with van der Waals surface area (Å²) < 4.78 is 1.83. The summed E-state index contributed by atoms with van der Waals surface area (Å²) in [6.07, 6.45) is 1.87. The second kappa shape index (κ2) is 3.48.